The van der Waals surface area contributed by atoms with Crippen molar-refractivity contribution < 1.29 is 31.1 Å². The first-order valence-corrected chi connectivity index (χ1v) is 9.13. The second-order valence-electron chi connectivity index (χ2n) is 7.29. The Labute approximate surface area is 162 Å². The number of ether oxygens (including phenoxy) is 1. The third-order valence-electron chi connectivity index (χ3n) is 5.38. The van der Waals surface area contributed by atoms with Gasteiger partial charge in [-0.3, -0.25) is 0 Å². The molecule has 0 N–H and O–H groups in total. The highest BCUT2D eigenvalue weighted by Crippen LogP contribution is 2.40. The van der Waals surface area contributed by atoms with Crippen LogP contribution in [0.15, 0.2) is 36.7 Å². The molecular weight excluding hydrogens is 400 g/mol. The molecule has 29 heavy (non-hydrogen) atoms. The third-order valence-corrected chi connectivity index (χ3v) is 5.38. The predicted molar refractivity (Wildman–Crippen MR) is 91.4 cm³/mol. The summed E-state index contributed by atoms with van der Waals surface area (Å²) in [7, 11) is 0. The lowest BCUT2D eigenvalue weighted by atomic mass is 9.99. The third kappa shape index (κ3) is 4.11. The average Bonchev–Trinajstić information content (AvgIpc) is 2.91. The quantitative estimate of drug-likeness (QED) is 0.652. The molecule has 2 aliphatic rings. The van der Waals surface area contributed by atoms with Gasteiger partial charge in [-0.2, -0.15) is 26.3 Å². The molecule has 2 saturated heterocycles. The fourth-order valence-corrected chi connectivity index (χ4v) is 4.09. The highest BCUT2D eigenvalue weighted by molar-refractivity contribution is 5.45. The Morgan fingerprint density at radius 2 is 1.34 bits per heavy atom. The molecule has 0 saturated carbocycles. The van der Waals surface area contributed by atoms with Gasteiger partial charge in [0.2, 0.25) is 5.88 Å². The standard InChI is InChI=1S/C19H17F6N3O/c20-18(21,22)11-1-5-16(26-9-11)28-13-3-4-14(28)8-15(7-13)29-17-6-2-12(10-27-17)19(23,24)25/h1-2,5-6,9-10,13-15H,3-4,7-8H2/t13-,14+,15?. The van der Waals surface area contributed by atoms with E-state index in [0.29, 0.717) is 18.7 Å². The number of aromatic nitrogens is 2. The summed E-state index contributed by atoms with van der Waals surface area (Å²) in [5.74, 6) is 0.625. The van der Waals surface area contributed by atoms with Gasteiger partial charge in [-0.05, 0) is 31.0 Å². The van der Waals surface area contributed by atoms with Crippen molar-refractivity contribution >= 4 is 5.82 Å². The van der Waals surface area contributed by atoms with Crippen LogP contribution < -0.4 is 9.64 Å². The van der Waals surface area contributed by atoms with Gasteiger partial charge in [-0.25, -0.2) is 9.97 Å². The Morgan fingerprint density at radius 3 is 1.79 bits per heavy atom. The fraction of sp³-hybridized carbons (Fsp3) is 0.474. The van der Waals surface area contributed by atoms with E-state index in [1.54, 1.807) is 0 Å². The number of hydrogen-bond acceptors (Lipinski definition) is 4. The van der Waals surface area contributed by atoms with Crippen LogP contribution in [0.5, 0.6) is 5.88 Å². The second kappa shape index (κ2) is 7.07. The molecule has 0 aliphatic carbocycles. The number of nitrogens with zero attached hydrogens (tertiary/aromatic N) is 3. The van der Waals surface area contributed by atoms with Gasteiger partial charge in [-0.1, -0.05) is 0 Å². The Kier molecular flexibility index (Phi) is 4.82. The molecule has 2 aromatic heterocycles. The second-order valence-corrected chi connectivity index (χ2v) is 7.29. The molecule has 1 unspecified atom stereocenters. The number of alkyl halides is 6. The van der Waals surface area contributed by atoms with Crippen LogP contribution in [0.2, 0.25) is 0 Å². The smallest absolute Gasteiger partial charge is 0.417 e. The van der Waals surface area contributed by atoms with E-state index in [2.05, 4.69) is 9.97 Å². The van der Waals surface area contributed by atoms with E-state index in [-0.39, 0.29) is 24.1 Å². The van der Waals surface area contributed by atoms with E-state index in [9.17, 15) is 26.3 Å². The normalized spacial score (nSPS) is 24.6. The lowest BCUT2D eigenvalue weighted by molar-refractivity contribution is -0.138. The molecule has 0 radical (unpaired) electrons. The van der Waals surface area contributed by atoms with E-state index < -0.39 is 23.5 Å². The van der Waals surface area contributed by atoms with Crippen LogP contribution in [0.4, 0.5) is 32.2 Å². The van der Waals surface area contributed by atoms with E-state index in [4.69, 9.17) is 4.74 Å². The van der Waals surface area contributed by atoms with Gasteiger partial charge >= 0.3 is 12.4 Å². The van der Waals surface area contributed by atoms with Crippen molar-refractivity contribution in [2.24, 2.45) is 0 Å². The zero-order chi connectivity index (χ0) is 20.8. The lowest BCUT2D eigenvalue weighted by Crippen LogP contribution is -2.46. The predicted octanol–water partition coefficient (Wildman–Crippen LogP) is 5.09. The number of rotatable bonds is 3. The molecule has 2 bridgehead atoms. The van der Waals surface area contributed by atoms with E-state index in [1.165, 1.54) is 12.1 Å². The van der Waals surface area contributed by atoms with Gasteiger partial charge in [0.25, 0.3) is 0 Å². The Bertz CT molecular complexity index is 836. The summed E-state index contributed by atoms with van der Waals surface area (Å²) < 4.78 is 81.9. The summed E-state index contributed by atoms with van der Waals surface area (Å²) in [5.41, 5.74) is -1.63. The van der Waals surface area contributed by atoms with Crippen molar-refractivity contribution in [3.8, 4) is 5.88 Å². The maximum Gasteiger partial charge on any atom is 0.417 e. The minimum Gasteiger partial charge on any atom is -0.474 e. The molecule has 4 rings (SSSR count). The molecule has 4 nitrogen and oxygen atoms in total. The SMILES string of the molecule is FC(F)(F)c1ccc(OC2C[C@H]3CC[C@@H](C2)N3c2ccc(C(F)(F)F)cn2)nc1. The first-order valence-electron chi connectivity index (χ1n) is 9.13. The van der Waals surface area contributed by atoms with Gasteiger partial charge in [0.05, 0.1) is 11.1 Å². The maximum atomic E-state index is 12.7. The van der Waals surface area contributed by atoms with Crippen molar-refractivity contribution in [1.29, 1.82) is 0 Å². The van der Waals surface area contributed by atoms with Crippen LogP contribution in [0.3, 0.4) is 0 Å². The highest BCUT2D eigenvalue weighted by atomic mass is 19.4. The number of pyridine rings is 2. The van der Waals surface area contributed by atoms with Crippen molar-refractivity contribution in [3.63, 3.8) is 0 Å². The Hall–Kier alpha value is -2.52. The molecule has 0 spiro atoms. The topological polar surface area (TPSA) is 38.2 Å². The van der Waals surface area contributed by atoms with Crippen molar-refractivity contribution in [3.05, 3.63) is 47.8 Å². The molecule has 0 amide bonds. The summed E-state index contributed by atoms with van der Waals surface area (Å²) in [5, 5.41) is 0. The number of halogens is 6. The summed E-state index contributed by atoms with van der Waals surface area (Å²) in [4.78, 5) is 9.77. The van der Waals surface area contributed by atoms with Gasteiger partial charge in [0, 0.05) is 43.4 Å². The largest absolute Gasteiger partial charge is 0.474 e. The number of piperidine rings is 1. The molecule has 3 atom stereocenters. The van der Waals surface area contributed by atoms with Crippen LogP contribution >= 0.6 is 0 Å². The number of hydrogen-bond donors (Lipinski definition) is 0. The van der Waals surface area contributed by atoms with Crippen LogP contribution in [-0.2, 0) is 12.4 Å². The highest BCUT2D eigenvalue weighted by Gasteiger charge is 2.43. The summed E-state index contributed by atoms with van der Waals surface area (Å²) >= 11 is 0. The van der Waals surface area contributed by atoms with Crippen molar-refractivity contribution in [1.82, 2.24) is 9.97 Å². The first kappa shape index (κ1) is 19.8. The fourth-order valence-electron chi connectivity index (χ4n) is 4.09. The lowest BCUT2D eigenvalue weighted by Gasteiger charge is -2.39. The zero-order valence-corrected chi connectivity index (χ0v) is 15.0. The number of fused-ring (bicyclic) bond motifs is 2. The minimum atomic E-state index is -4.45. The van der Waals surface area contributed by atoms with Crippen LogP contribution in [0, 0.1) is 0 Å². The number of anilines is 1. The molecule has 10 heteroatoms. The summed E-state index contributed by atoms with van der Waals surface area (Å²) in [6.45, 7) is 0. The van der Waals surface area contributed by atoms with Crippen molar-refractivity contribution in [2.45, 2.75) is 56.2 Å². The Balaban J connectivity index is 1.43. The van der Waals surface area contributed by atoms with Gasteiger partial charge < -0.3 is 9.64 Å². The summed E-state index contributed by atoms with van der Waals surface area (Å²) in [6.07, 6.45) is -4.62. The van der Waals surface area contributed by atoms with Gasteiger partial charge in [0.15, 0.2) is 0 Å². The van der Waals surface area contributed by atoms with Crippen LogP contribution in [-0.4, -0.2) is 28.2 Å². The van der Waals surface area contributed by atoms with Gasteiger partial charge in [-0.15, -0.1) is 0 Å². The Morgan fingerprint density at radius 1 is 0.793 bits per heavy atom. The molecule has 2 aromatic rings. The average molecular weight is 417 g/mol. The maximum absolute atomic E-state index is 12.7. The molecule has 0 aromatic carbocycles. The summed E-state index contributed by atoms with van der Waals surface area (Å²) in [6, 6.07) is 4.64. The molecule has 4 heterocycles. The van der Waals surface area contributed by atoms with E-state index >= 15 is 0 Å². The monoisotopic (exact) mass is 417 g/mol. The van der Waals surface area contributed by atoms with Crippen LogP contribution in [0.25, 0.3) is 0 Å². The van der Waals surface area contributed by atoms with Gasteiger partial charge in [0.1, 0.15) is 11.9 Å². The minimum absolute atomic E-state index is 0.0532. The van der Waals surface area contributed by atoms with E-state index in [0.717, 1.165) is 37.4 Å². The molecule has 156 valence electrons. The molecular formula is C19H17F6N3O. The van der Waals surface area contributed by atoms with E-state index in [1.807, 2.05) is 4.90 Å². The first-order chi connectivity index (χ1) is 13.6. The van der Waals surface area contributed by atoms with Crippen LogP contribution in [0.1, 0.15) is 36.8 Å². The molecule has 2 fully saturated rings. The zero-order valence-electron chi connectivity index (χ0n) is 15.0. The molecule has 2 aliphatic heterocycles. The van der Waals surface area contributed by atoms with Crippen molar-refractivity contribution in [2.75, 3.05) is 4.90 Å².